The van der Waals surface area contributed by atoms with Crippen LogP contribution in [-0.2, 0) is 5.41 Å². The Morgan fingerprint density at radius 3 is 1.81 bits per heavy atom. The van der Waals surface area contributed by atoms with Crippen LogP contribution in [0.2, 0.25) is 0 Å². The van der Waals surface area contributed by atoms with Crippen molar-refractivity contribution in [2.24, 2.45) is 0 Å². The van der Waals surface area contributed by atoms with Crippen LogP contribution in [-0.4, -0.2) is 0 Å². The van der Waals surface area contributed by atoms with Gasteiger partial charge in [0.25, 0.3) is 0 Å². The first-order valence-corrected chi connectivity index (χ1v) is 18.6. The van der Waals surface area contributed by atoms with E-state index in [0.29, 0.717) is 0 Å². The lowest BCUT2D eigenvalue weighted by Crippen LogP contribution is -2.30. The first kappa shape index (κ1) is 31.8. The van der Waals surface area contributed by atoms with E-state index in [1.54, 1.807) is 0 Å². The van der Waals surface area contributed by atoms with E-state index < -0.39 is 5.41 Å². The van der Waals surface area contributed by atoms with Crippen LogP contribution in [0.4, 0.5) is 17.1 Å². The van der Waals surface area contributed by atoms with Crippen molar-refractivity contribution in [3.63, 3.8) is 0 Å². The summed E-state index contributed by atoms with van der Waals surface area (Å²) in [6.07, 6.45) is 10.6. The molecule has 2 aliphatic carbocycles. The number of anilines is 3. The molecule has 0 amide bonds. The van der Waals surface area contributed by atoms with Crippen LogP contribution in [0.5, 0.6) is 5.75 Å². The second kappa shape index (κ2) is 12.6. The Labute approximate surface area is 317 Å². The van der Waals surface area contributed by atoms with Crippen molar-refractivity contribution >= 4 is 34.8 Å². The third-order valence-electron chi connectivity index (χ3n) is 11.2. The summed E-state index contributed by atoms with van der Waals surface area (Å²) < 4.78 is 7.03. The smallest absolute Gasteiger partial charge is 0.159 e. The van der Waals surface area contributed by atoms with Crippen LogP contribution in [0.3, 0.4) is 0 Å². The molecule has 0 aromatic heterocycles. The largest absolute Gasteiger partial charge is 0.454 e. The zero-order valence-corrected chi connectivity index (χ0v) is 30.0. The number of rotatable bonds is 5. The molecular weight excluding hydrogens is 655 g/mol. The summed E-state index contributed by atoms with van der Waals surface area (Å²) in [7, 11) is 0. The van der Waals surface area contributed by atoms with Crippen molar-refractivity contribution in [2.75, 3.05) is 4.90 Å². The third-order valence-corrected chi connectivity index (χ3v) is 11.2. The molecular formula is C52H37NO. The van der Waals surface area contributed by atoms with E-state index in [1.165, 1.54) is 44.5 Å². The van der Waals surface area contributed by atoms with E-state index >= 15 is 0 Å². The Bertz CT molecular complexity index is 2680. The number of allylic oxidation sites excluding steroid dienone is 4. The number of hydrogen-bond acceptors (Lipinski definition) is 2. The maximum Gasteiger partial charge on any atom is 0.159 e. The maximum atomic E-state index is 7.03. The predicted octanol–water partition coefficient (Wildman–Crippen LogP) is 13.5. The van der Waals surface area contributed by atoms with Crippen molar-refractivity contribution < 1.29 is 4.74 Å². The molecule has 0 unspecified atom stereocenters. The summed E-state index contributed by atoms with van der Waals surface area (Å²) in [6.45, 7) is 6.25. The number of nitrogens with zero attached hydrogens (tertiary/aromatic N) is 1. The zero-order valence-electron chi connectivity index (χ0n) is 30.0. The lowest BCUT2D eigenvalue weighted by Gasteiger charge is -2.36. The normalized spacial score (nSPS) is 14.2. The second-order valence-electron chi connectivity index (χ2n) is 14.0. The molecule has 0 saturated carbocycles. The number of benzene rings is 7. The van der Waals surface area contributed by atoms with Gasteiger partial charge in [0.05, 0.1) is 11.1 Å². The van der Waals surface area contributed by atoms with Gasteiger partial charge in [0, 0.05) is 22.5 Å². The van der Waals surface area contributed by atoms with Crippen molar-refractivity contribution in [2.45, 2.75) is 12.3 Å². The molecule has 10 rings (SSSR count). The topological polar surface area (TPSA) is 12.5 Å². The van der Waals surface area contributed by atoms with Crippen molar-refractivity contribution in [3.05, 3.63) is 233 Å². The quantitative estimate of drug-likeness (QED) is 0.178. The van der Waals surface area contributed by atoms with E-state index in [4.69, 9.17) is 4.74 Å². The highest BCUT2D eigenvalue weighted by Crippen LogP contribution is 2.60. The molecule has 0 bridgehead atoms. The second-order valence-corrected chi connectivity index (χ2v) is 14.0. The molecule has 2 heteroatoms. The number of hydrogen-bond donors (Lipinski definition) is 0. The highest BCUT2D eigenvalue weighted by atomic mass is 16.5. The Morgan fingerprint density at radius 1 is 0.519 bits per heavy atom. The van der Waals surface area contributed by atoms with Gasteiger partial charge in [0.1, 0.15) is 5.76 Å². The fraction of sp³-hybridized carbons (Fsp3) is 0.0385. The molecule has 0 atom stereocenters. The summed E-state index contributed by atoms with van der Waals surface area (Å²) in [5.41, 5.74) is 16.9. The monoisotopic (exact) mass is 691 g/mol. The number of para-hydroxylation sites is 2. The van der Waals surface area contributed by atoms with Crippen LogP contribution >= 0.6 is 0 Å². The van der Waals surface area contributed by atoms with Crippen LogP contribution < -0.4 is 9.64 Å². The summed E-state index contributed by atoms with van der Waals surface area (Å²) in [5, 5.41) is 0. The zero-order chi connectivity index (χ0) is 36.2. The lowest BCUT2D eigenvalue weighted by molar-refractivity contribution is 0.451. The van der Waals surface area contributed by atoms with Gasteiger partial charge in [-0.05, 0) is 99.0 Å². The van der Waals surface area contributed by atoms with Gasteiger partial charge in [-0.3, -0.25) is 0 Å². The molecule has 54 heavy (non-hydrogen) atoms. The van der Waals surface area contributed by atoms with Gasteiger partial charge in [0.15, 0.2) is 5.75 Å². The Balaban J connectivity index is 1.27. The molecule has 0 radical (unpaired) electrons. The minimum Gasteiger partial charge on any atom is -0.454 e. The van der Waals surface area contributed by atoms with E-state index in [0.717, 1.165) is 50.8 Å². The standard InChI is InChI=1S/C52H37NO/c1-3-17-43-39-22-10-11-23-40(39)44-25-16-29-49(51(44)54-50(43)4-2)53(37-20-6-5-7-21-37)38-32-33-42-41-24-12-15-28-47(41)52(48(42)34-38)45-26-13-8-18-35(45)30-31-36-19-9-14-27-46(36)52/h3-34H,2H2,1H3/b17-3-. The summed E-state index contributed by atoms with van der Waals surface area (Å²) in [5.74, 6) is 1.51. The minimum atomic E-state index is -0.538. The molecule has 256 valence electrons. The van der Waals surface area contributed by atoms with Crippen LogP contribution in [0.25, 0.3) is 40.0 Å². The number of fused-ring (bicyclic) bond motifs is 12. The predicted molar refractivity (Wildman–Crippen MR) is 225 cm³/mol. The number of ether oxygens (including phenoxy) is 1. The first-order valence-electron chi connectivity index (χ1n) is 18.6. The molecule has 1 aliphatic heterocycles. The van der Waals surface area contributed by atoms with Crippen molar-refractivity contribution in [3.8, 4) is 28.0 Å². The van der Waals surface area contributed by atoms with Gasteiger partial charge in [-0.1, -0.05) is 164 Å². The molecule has 2 nitrogen and oxygen atoms in total. The fourth-order valence-corrected chi connectivity index (χ4v) is 9.04. The van der Waals surface area contributed by atoms with E-state index in [9.17, 15) is 0 Å². The Morgan fingerprint density at radius 2 is 1.11 bits per heavy atom. The minimum absolute atomic E-state index is 0.538. The van der Waals surface area contributed by atoms with Gasteiger partial charge in [-0.2, -0.15) is 0 Å². The van der Waals surface area contributed by atoms with Crippen molar-refractivity contribution in [1.82, 2.24) is 0 Å². The van der Waals surface area contributed by atoms with Crippen molar-refractivity contribution in [1.29, 1.82) is 0 Å². The lowest BCUT2D eigenvalue weighted by atomic mass is 9.66. The SMILES string of the molecule is C=CC1=C(/C=C\C)c2ccccc2-c2cccc(N(c3ccccc3)c3ccc4c(c3)C3(c5ccccc5C=Cc5ccccc53)c3ccccc3-4)c2O1. The summed E-state index contributed by atoms with van der Waals surface area (Å²) in [6, 6.07) is 59.5. The summed E-state index contributed by atoms with van der Waals surface area (Å²) in [4.78, 5) is 2.35. The van der Waals surface area contributed by atoms with Gasteiger partial charge in [-0.15, -0.1) is 0 Å². The van der Waals surface area contributed by atoms with E-state index in [2.05, 4.69) is 200 Å². The molecule has 1 spiro atoms. The molecule has 0 N–H and O–H groups in total. The van der Waals surface area contributed by atoms with E-state index in [-0.39, 0.29) is 0 Å². The average molecular weight is 692 g/mol. The van der Waals surface area contributed by atoms with Gasteiger partial charge in [0.2, 0.25) is 0 Å². The van der Waals surface area contributed by atoms with Crippen LogP contribution in [0, 0.1) is 0 Å². The Kier molecular flexibility index (Phi) is 7.45. The summed E-state index contributed by atoms with van der Waals surface area (Å²) >= 11 is 0. The fourth-order valence-electron chi connectivity index (χ4n) is 9.04. The molecule has 3 aliphatic rings. The third kappa shape index (κ3) is 4.60. The molecule has 7 aromatic rings. The van der Waals surface area contributed by atoms with Crippen LogP contribution in [0.1, 0.15) is 45.9 Å². The van der Waals surface area contributed by atoms with Gasteiger partial charge >= 0.3 is 0 Å². The van der Waals surface area contributed by atoms with Gasteiger partial charge in [-0.25, -0.2) is 0 Å². The van der Waals surface area contributed by atoms with Crippen LogP contribution in [0.15, 0.2) is 194 Å². The first-order chi connectivity index (χ1) is 26.7. The molecule has 0 saturated heterocycles. The maximum absolute atomic E-state index is 7.03. The molecule has 7 aromatic carbocycles. The van der Waals surface area contributed by atoms with E-state index in [1.807, 2.05) is 13.0 Å². The highest BCUT2D eigenvalue weighted by molar-refractivity contribution is 5.97. The Hall–Kier alpha value is -6.90. The molecule has 0 fully saturated rings. The van der Waals surface area contributed by atoms with Gasteiger partial charge < -0.3 is 9.64 Å². The average Bonchev–Trinajstić information content (AvgIpc) is 3.32. The molecule has 1 heterocycles. The highest BCUT2D eigenvalue weighted by Gasteiger charge is 2.48.